The first-order chi connectivity index (χ1) is 9.78. The molecule has 21 heavy (non-hydrogen) atoms. The molecule has 0 unspecified atom stereocenters. The van der Waals surface area contributed by atoms with Crippen LogP contribution in [0.4, 0.5) is 0 Å². The monoisotopic (exact) mass is 313 g/mol. The lowest BCUT2D eigenvalue weighted by atomic mass is 10.0. The maximum atomic E-state index is 12.1. The predicted molar refractivity (Wildman–Crippen MR) is 80.4 cm³/mol. The number of esters is 1. The number of nitrogens with zero attached hydrogens (tertiary/aromatic N) is 1. The lowest BCUT2D eigenvalue weighted by Crippen LogP contribution is -2.52. The molecule has 6 heteroatoms. The van der Waals surface area contributed by atoms with E-state index in [0.717, 1.165) is 0 Å². The van der Waals surface area contributed by atoms with Crippen molar-refractivity contribution in [3.8, 4) is 5.75 Å². The summed E-state index contributed by atoms with van der Waals surface area (Å²) in [7, 11) is 1.55. The normalized spacial score (nSPS) is 10.9. The summed E-state index contributed by atoms with van der Waals surface area (Å²) in [5, 5.41) is 0.592. The number of hydrogen-bond acceptors (Lipinski definition) is 4. The quantitative estimate of drug-likeness (QED) is 0.757. The van der Waals surface area contributed by atoms with E-state index in [0.29, 0.717) is 10.8 Å². The second-order valence-corrected chi connectivity index (χ2v) is 5.41. The fourth-order valence-corrected chi connectivity index (χ4v) is 1.66. The lowest BCUT2D eigenvalue weighted by Gasteiger charge is -2.33. The third-order valence-electron chi connectivity index (χ3n) is 3.16. The minimum Gasteiger partial charge on any atom is -0.484 e. The van der Waals surface area contributed by atoms with Crippen LogP contribution in [0.1, 0.15) is 20.8 Å². The summed E-state index contributed by atoms with van der Waals surface area (Å²) in [6.45, 7) is 5.09. The van der Waals surface area contributed by atoms with Crippen LogP contribution in [0.25, 0.3) is 0 Å². The van der Waals surface area contributed by atoms with Crippen LogP contribution in [0, 0.1) is 0 Å². The van der Waals surface area contributed by atoms with E-state index in [-0.39, 0.29) is 19.1 Å². The first-order valence-electron chi connectivity index (χ1n) is 6.61. The topological polar surface area (TPSA) is 55.8 Å². The highest BCUT2D eigenvalue weighted by molar-refractivity contribution is 6.30. The molecule has 0 saturated carbocycles. The molecule has 0 spiro atoms. The third-order valence-corrected chi connectivity index (χ3v) is 3.42. The maximum Gasteiger partial charge on any atom is 0.331 e. The Balaban J connectivity index is 2.61. The molecular formula is C15H20ClNO4. The Kier molecular flexibility index (Phi) is 6.03. The standard InChI is InChI=1S/C15H20ClNO4/c1-5-20-14(19)15(2,3)17(4)13(18)10-21-12-8-6-11(16)7-9-12/h6-9H,5,10H2,1-4H3. The highest BCUT2D eigenvalue weighted by Crippen LogP contribution is 2.17. The summed E-state index contributed by atoms with van der Waals surface area (Å²) >= 11 is 5.77. The van der Waals surface area contributed by atoms with Gasteiger partial charge in [0.15, 0.2) is 6.61 Å². The molecule has 1 aromatic carbocycles. The SMILES string of the molecule is CCOC(=O)C(C)(C)N(C)C(=O)COc1ccc(Cl)cc1. The zero-order chi connectivity index (χ0) is 16.0. The molecule has 0 N–H and O–H groups in total. The van der Waals surface area contributed by atoms with Gasteiger partial charge in [-0.3, -0.25) is 4.79 Å². The largest absolute Gasteiger partial charge is 0.484 e. The molecule has 0 fully saturated rings. The third kappa shape index (κ3) is 4.63. The molecule has 0 saturated heterocycles. The van der Waals surface area contributed by atoms with Crippen LogP contribution < -0.4 is 4.74 Å². The fraction of sp³-hybridized carbons (Fsp3) is 0.467. The predicted octanol–water partition coefficient (Wildman–Crippen LogP) is 2.52. The molecule has 0 aromatic heterocycles. The van der Waals surface area contributed by atoms with Gasteiger partial charge in [-0.2, -0.15) is 0 Å². The minimum atomic E-state index is -1.05. The Hall–Kier alpha value is -1.75. The summed E-state index contributed by atoms with van der Waals surface area (Å²) in [6.07, 6.45) is 0. The van der Waals surface area contributed by atoms with Crippen molar-refractivity contribution in [2.75, 3.05) is 20.3 Å². The molecule has 1 rings (SSSR count). The van der Waals surface area contributed by atoms with Gasteiger partial charge in [-0.05, 0) is 45.0 Å². The lowest BCUT2D eigenvalue weighted by molar-refractivity contribution is -0.160. The van der Waals surface area contributed by atoms with Crippen LogP contribution in [0.15, 0.2) is 24.3 Å². The summed E-state index contributed by atoms with van der Waals surface area (Å²) in [5.41, 5.74) is -1.05. The average Bonchev–Trinajstić information content (AvgIpc) is 2.45. The van der Waals surface area contributed by atoms with E-state index in [9.17, 15) is 9.59 Å². The number of carbonyl (C=O) groups excluding carboxylic acids is 2. The second-order valence-electron chi connectivity index (χ2n) is 4.97. The number of carbonyl (C=O) groups is 2. The first kappa shape index (κ1) is 17.3. The van der Waals surface area contributed by atoms with Crippen LogP contribution in [0.5, 0.6) is 5.75 Å². The van der Waals surface area contributed by atoms with E-state index in [1.54, 1.807) is 52.1 Å². The van der Waals surface area contributed by atoms with E-state index in [2.05, 4.69) is 0 Å². The number of likely N-dealkylation sites (N-methyl/N-ethyl adjacent to an activating group) is 1. The van der Waals surface area contributed by atoms with Crippen molar-refractivity contribution in [2.45, 2.75) is 26.3 Å². The van der Waals surface area contributed by atoms with Crippen molar-refractivity contribution < 1.29 is 19.1 Å². The smallest absolute Gasteiger partial charge is 0.331 e. The minimum absolute atomic E-state index is 0.166. The van der Waals surface area contributed by atoms with E-state index in [4.69, 9.17) is 21.1 Å². The van der Waals surface area contributed by atoms with E-state index < -0.39 is 11.5 Å². The molecule has 0 radical (unpaired) electrons. The highest BCUT2D eigenvalue weighted by Gasteiger charge is 2.36. The van der Waals surface area contributed by atoms with Crippen LogP contribution in [0.3, 0.4) is 0 Å². The number of rotatable bonds is 6. The van der Waals surface area contributed by atoms with Gasteiger partial charge in [-0.25, -0.2) is 4.79 Å². The van der Waals surface area contributed by atoms with Crippen LogP contribution in [-0.2, 0) is 14.3 Å². The summed E-state index contributed by atoms with van der Waals surface area (Å²) in [6, 6.07) is 6.69. The Bertz CT molecular complexity index is 499. The van der Waals surface area contributed by atoms with Gasteiger partial charge < -0.3 is 14.4 Å². The summed E-state index contributed by atoms with van der Waals surface area (Å²) in [5.74, 6) is -0.231. The fourth-order valence-electron chi connectivity index (χ4n) is 1.53. The molecule has 0 heterocycles. The molecule has 0 aliphatic heterocycles. The van der Waals surface area contributed by atoms with E-state index in [1.807, 2.05) is 0 Å². The first-order valence-corrected chi connectivity index (χ1v) is 6.99. The number of halogens is 1. The maximum absolute atomic E-state index is 12.1. The summed E-state index contributed by atoms with van der Waals surface area (Å²) in [4.78, 5) is 25.3. The number of benzene rings is 1. The van der Waals surface area contributed by atoms with Gasteiger partial charge in [-0.15, -0.1) is 0 Å². The Labute approximate surface area is 129 Å². The Morgan fingerprint density at radius 2 is 1.81 bits per heavy atom. The second kappa shape index (κ2) is 7.31. The van der Waals surface area contributed by atoms with Crippen molar-refractivity contribution in [3.05, 3.63) is 29.3 Å². The molecular weight excluding hydrogens is 294 g/mol. The molecule has 5 nitrogen and oxygen atoms in total. The van der Waals surface area contributed by atoms with Gasteiger partial charge in [-0.1, -0.05) is 11.6 Å². The van der Waals surface area contributed by atoms with Gasteiger partial charge in [0.05, 0.1) is 6.61 Å². The van der Waals surface area contributed by atoms with Crippen LogP contribution in [-0.4, -0.2) is 42.6 Å². The molecule has 0 bridgehead atoms. The average molecular weight is 314 g/mol. The highest BCUT2D eigenvalue weighted by atomic mass is 35.5. The molecule has 1 aromatic rings. The molecule has 1 amide bonds. The van der Waals surface area contributed by atoms with Crippen LogP contribution in [0.2, 0.25) is 5.02 Å². The van der Waals surface area contributed by atoms with Crippen molar-refractivity contribution in [1.82, 2.24) is 4.90 Å². The number of ether oxygens (including phenoxy) is 2. The molecule has 0 aliphatic rings. The van der Waals surface area contributed by atoms with Crippen LogP contribution >= 0.6 is 11.6 Å². The number of amides is 1. The van der Waals surface area contributed by atoms with Crippen molar-refractivity contribution >= 4 is 23.5 Å². The van der Waals surface area contributed by atoms with Crippen molar-refractivity contribution in [1.29, 1.82) is 0 Å². The van der Waals surface area contributed by atoms with Crippen molar-refractivity contribution in [2.24, 2.45) is 0 Å². The number of hydrogen-bond donors (Lipinski definition) is 0. The Morgan fingerprint density at radius 3 is 2.33 bits per heavy atom. The molecule has 0 atom stereocenters. The zero-order valence-electron chi connectivity index (χ0n) is 12.7. The van der Waals surface area contributed by atoms with E-state index in [1.165, 1.54) is 4.90 Å². The van der Waals surface area contributed by atoms with Gasteiger partial charge in [0.2, 0.25) is 0 Å². The zero-order valence-corrected chi connectivity index (χ0v) is 13.4. The molecule has 116 valence electrons. The molecule has 0 aliphatic carbocycles. The summed E-state index contributed by atoms with van der Waals surface area (Å²) < 4.78 is 10.3. The van der Waals surface area contributed by atoms with Gasteiger partial charge in [0.1, 0.15) is 11.3 Å². The van der Waals surface area contributed by atoms with E-state index >= 15 is 0 Å². The van der Waals surface area contributed by atoms with Gasteiger partial charge in [0.25, 0.3) is 5.91 Å². The Morgan fingerprint density at radius 1 is 1.24 bits per heavy atom. The van der Waals surface area contributed by atoms with Crippen molar-refractivity contribution in [3.63, 3.8) is 0 Å². The van der Waals surface area contributed by atoms with Gasteiger partial charge >= 0.3 is 5.97 Å². The van der Waals surface area contributed by atoms with Gasteiger partial charge in [0, 0.05) is 12.1 Å².